The predicted octanol–water partition coefficient (Wildman–Crippen LogP) is 3.46. The van der Waals surface area contributed by atoms with Crippen molar-refractivity contribution < 1.29 is 0 Å². The zero-order valence-corrected chi connectivity index (χ0v) is 7.77. The Kier molecular flexibility index (Phi) is 1.73. The normalized spacial score (nSPS) is 38.1. The van der Waals surface area contributed by atoms with Crippen LogP contribution in [-0.4, -0.2) is 0 Å². The van der Waals surface area contributed by atoms with E-state index in [1.807, 2.05) is 6.08 Å². The van der Waals surface area contributed by atoms with Crippen LogP contribution in [0.15, 0.2) is 30.0 Å². The standard InChI is InChI=1S/C12H16/c1-3-5-10-6-7-12(8-10)9-11(12)4-2/h3-4,11H,2,6-9H2,1H3. The van der Waals surface area contributed by atoms with Crippen LogP contribution in [-0.2, 0) is 0 Å². The van der Waals surface area contributed by atoms with Crippen LogP contribution in [0.2, 0.25) is 0 Å². The number of rotatable bonds is 1. The van der Waals surface area contributed by atoms with Crippen molar-refractivity contribution in [2.75, 3.05) is 0 Å². The molecular weight excluding hydrogens is 144 g/mol. The fraction of sp³-hybridized carbons (Fsp3) is 0.583. The van der Waals surface area contributed by atoms with Gasteiger partial charge in [-0.3, -0.25) is 0 Å². The third-order valence-corrected chi connectivity index (χ3v) is 3.38. The zero-order valence-electron chi connectivity index (χ0n) is 7.77. The second kappa shape index (κ2) is 2.64. The molecular formula is C12H16. The Bertz CT molecular complexity index is 266. The van der Waals surface area contributed by atoms with Crippen LogP contribution >= 0.6 is 0 Å². The molecule has 0 nitrogen and oxygen atoms in total. The Hall–Kier alpha value is -0.740. The molecule has 2 rings (SSSR count). The fourth-order valence-electron chi connectivity index (χ4n) is 2.53. The van der Waals surface area contributed by atoms with E-state index < -0.39 is 0 Å². The second-order valence-corrected chi connectivity index (χ2v) is 4.12. The summed E-state index contributed by atoms with van der Waals surface area (Å²) in [4.78, 5) is 0. The molecule has 0 saturated heterocycles. The summed E-state index contributed by atoms with van der Waals surface area (Å²) in [5, 5.41) is 0. The van der Waals surface area contributed by atoms with Crippen LogP contribution in [0.25, 0.3) is 0 Å². The minimum atomic E-state index is 0.646. The highest BCUT2D eigenvalue weighted by molar-refractivity contribution is 5.22. The quantitative estimate of drug-likeness (QED) is 0.407. The van der Waals surface area contributed by atoms with E-state index in [4.69, 9.17) is 0 Å². The molecule has 2 aliphatic carbocycles. The summed E-state index contributed by atoms with van der Waals surface area (Å²) in [5.74, 6) is 0.814. The molecule has 64 valence electrons. The zero-order chi connectivity index (χ0) is 8.60. The molecule has 0 aliphatic heterocycles. The molecule has 0 aromatic heterocycles. The Morgan fingerprint density at radius 2 is 2.50 bits per heavy atom. The summed E-state index contributed by atoms with van der Waals surface area (Å²) in [6.07, 6.45) is 9.49. The summed E-state index contributed by atoms with van der Waals surface area (Å²) in [6, 6.07) is 0. The molecule has 0 aromatic carbocycles. The highest BCUT2D eigenvalue weighted by Gasteiger charge is 2.54. The first-order chi connectivity index (χ1) is 5.80. The largest absolute Gasteiger partial charge is 0.126 e. The maximum absolute atomic E-state index is 3.88. The summed E-state index contributed by atoms with van der Waals surface area (Å²) < 4.78 is 0. The molecule has 2 fully saturated rings. The van der Waals surface area contributed by atoms with E-state index in [0.29, 0.717) is 5.41 Å². The number of allylic oxidation sites excluding steroid dienone is 2. The predicted molar refractivity (Wildman–Crippen MR) is 51.9 cm³/mol. The van der Waals surface area contributed by atoms with E-state index >= 15 is 0 Å². The van der Waals surface area contributed by atoms with Gasteiger partial charge in [0.1, 0.15) is 0 Å². The maximum atomic E-state index is 3.88. The van der Waals surface area contributed by atoms with E-state index in [1.165, 1.54) is 31.3 Å². The van der Waals surface area contributed by atoms with Gasteiger partial charge in [0.05, 0.1) is 0 Å². The lowest BCUT2D eigenvalue weighted by Crippen LogP contribution is -1.93. The maximum Gasteiger partial charge on any atom is -0.0170 e. The van der Waals surface area contributed by atoms with Gasteiger partial charge in [-0.2, -0.15) is 0 Å². The SMILES string of the molecule is C=CC1CC12CCC(=C=CC)C2. The molecule has 0 amide bonds. The van der Waals surface area contributed by atoms with E-state index in [1.54, 1.807) is 0 Å². The summed E-state index contributed by atoms with van der Waals surface area (Å²) >= 11 is 0. The summed E-state index contributed by atoms with van der Waals surface area (Å²) in [7, 11) is 0. The Morgan fingerprint density at radius 3 is 3.08 bits per heavy atom. The van der Waals surface area contributed by atoms with Gasteiger partial charge in [0.2, 0.25) is 0 Å². The molecule has 0 aromatic rings. The third kappa shape index (κ3) is 1.07. The van der Waals surface area contributed by atoms with Crippen LogP contribution in [0, 0.1) is 11.3 Å². The van der Waals surface area contributed by atoms with Crippen LogP contribution in [0.3, 0.4) is 0 Å². The molecule has 0 heteroatoms. The third-order valence-electron chi connectivity index (χ3n) is 3.38. The Labute approximate surface area is 74.7 Å². The van der Waals surface area contributed by atoms with Gasteiger partial charge in [0, 0.05) is 0 Å². The van der Waals surface area contributed by atoms with Crippen molar-refractivity contribution in [3.8, 4) is 0 Å². The highest BCUT2D eigenvalue weighted by atomic mass is 14.6. The lowest BCUT2D eigenvalue weighted by molar-refractivity contribution is 0.511. The van der Waals surface area contributed by atoms with Gasteiger partial charge < -0.3 is 0 Å². The van der Waals surface area contributed by atoms with Gasteiger partial charge in [-0.05, 0) is 55.6 Å². The first-order valence-corrected chi connectivity index (χ1v) is 4.82. The smallest absolute Gasteiger partial charge is 0.0170 e. The molecule has 0 heterocycles. The fourth-order valence-corrected chi connectivity index (χ4v) is 2.53. The first-order valence-electron chi connectivity index (χ1n) is 4.82. The minimum absolute atomic E-state index is 0.646. The average molecular weight is 160 g/mol. The molecule has 1 spiro atoms. The van der Waals surface area contributed by atoms with Crippen molar-refractivity contribution in [2.24, 2.45) is 11.3 Å². The lowest BCUT2D eigenvalue weighted by Gasteiger charge is -2.02. The Balaban J connectivity index is 2.09. The van der Waals surface area contributed by atoms with Gasteiger partial charge in [0.15, 0.2) is 0 Å². The van der Waals surface area contributed by atoms with E-state index in [9.17, 15) is 0 Å². The molecule has 0 N–H and O–H groups in total. The topological polar surface area (TPSA) is 0 Å². The van der Waals surface area contributed by atoms with Crippen LogP contribution < -0.4 is 0 Å². The van der Waals surface area contributed by atoms with Crippen LogP contribution in [0.1, 0.15) is 32.6 Å². The number of hydrogen-bond donors (Lipinski definition) is 0. The highest BCUT2D eigenvalue weighted by Crippen LogP contribution is 2.64. The average Bonchev–Trinajstić information content (AvgIpc) is 2.59. The van der Waals surface area contributed by atoms with Gasteiger partial charge >= 0.3 is 0 Å². The molecule has 0 bridgehead atoms. The van der Waals surface area contributed by atoms with Crippen LogP contribution in [0.5, 0.6) is 0 Å². The van der Waals surface area contributed by atoms with Crippen molar-refractivity contribution >= 4 is 0 Å². The van der Waals surface area contributed by atoms with Gasteiger partial charge in [-0.15, -0.1) is 12.3 Å². The lowest BCUT2D eigenvalue weighted by atomic mass is 10.0. The molecule has 2 atom stereocenters. The Morgan fingerprint density at radius 1 is 1.67 bits per heavy atom. The summed E-state index contributed by atoms with van der Waals surface area (Å²) in [6.45, 7) is 5.93. The molecule has 0 radical (unpaired) electrons. The number of hydrogen-bond acceptors (Lipinski definition) is 0. The van der Waals surface area contributed by atoms with Crippen LogP contribution in [0.4, 0.5) is 0 Å². The van der Waals surface area contributed by atoms with E-state index in [0.717, 1.165) is 5.92 Å². The van der Waals surface area contributed by atoms with Crippen molar-refractivity contribution in [3.05, 3.63) is 30.0 Å². The van der Waals surface area contributed by atoms with E-state index in [2.05, 4.69) is 25.3 Å². The second-order valence-electron chi connectivity index (χ2n) is 4.12. The van der Waals surface area contributed by atoms with Crippen molar-refractivity contribution in [2.45, 2.75) is 32.6 Å². The van der Waals surface area contributed by atoms with Gasteiger partial charge in [0.25, 0.3) is 0 Å². The summed E-state index contributed by atoms with van der Waals surface area (Å²) in [5.41, 5.74) is 5.52. The van der Waals surface area contributed by atoms with Gasteiger partial charge in [-0.25, -0.2) is 0 Å². The molecule has 2 aliphatic rings. The monoisotopic (exact) mass is 160 g/mol. The molecule has 2 saturated carbocycles. The first kappa shape index (κ1) is 7.89. The van der Waals surface area contributed by atoms with E-state index in [-0.39, 0.29) is 0 Å². The minimum Gasteiger partial charge on any atom is -0.126 e. The molecule has 12 heavy (non-hydrogen) atoms. The molecule has 2 unspecified atom stereocenters. The van der Waals surface area contributed by atoms with Crippen molar-refractivity contribution in [1.29, 1.82) is 0 Å². The van der Waals surface area contributed by atoms with Gasteiger partial charge in [-0.1, -0.05) is 6.08 Å². The van der Waals surface area contributed by atoms with Crippen molar-refractivity contribution in [3.63, 3.8) is 0 Å². The van der Waals surface area contributed by atoms with Crippen molar-refractivity contribution in [1.82, 2.24) is 0 Å².